The zero-order valence-corrected chi connectivity index (χ0v) is 11.1. The summed E-state index contributed by atoms with van der Waals surface area (Å²) in [5.74, 6) is -1.32. The summed E-state index contributed by atoms with van der Waals surface area (Å²) in [5.41, 5.74) is 0.606. The van der Waals surface area contributed by atoms with E-state index in [0.29, 0.717) is 30.1 Å². The molecule has 1 saturated heterocycles. The van der Waals surface area contributed by atoms with Crippen molar-refractivity contribution in [3.05, 3.63) is 29.3 Å². The second-order valence-electron chi connectivity index (χ2n) is 4.56. The minimum Gasteiger partial charge on any atom is -0.481 e. The number of amides is 2. The van der Waals surface area contributed by atoms with Gasteiger partial charge in [-0.3, -0.25) is 4.79 Å². The van der Waals surface area contributed by atoms with Crippen molar-refractivity contribution < 1.29 is 14.7 Å². The lowest BCUT2D eigenvalue weighted by atomic mass is 9.99. The quantitative estimate of drug-likeness (QED) is 0.876. The van der Waals surface area contributed by atoms with Gasteiger partial charge in [-0.15, -0.1) is 0 Å². The Hall–Kier alpha value is -1.75. The van der Waals surface area contributed by atoms with E-state index in [-0.39, 0.29) is 12.6 Å². The van der Waals surface area contributed by atoms with Crippen molar-refractivity contribution in [3.63, 3.8) is 0 Å². The fourth-order valence-electron chi connectivity index (χ4n) is 2.13. The first-order valence-electron chi connectivity index (χ1n) is 6.10. The number of nitrogens with zero attached hydrogens (tertiary/aromatic N) is 1. The van der Waals surface area contributed by atoms with E-state index in [4.69, 9.17) is 16.7 Å². The Balaban J connectivity index is 1.98. The van der Waals surface area contributed by atoms with Gasteiger partial charge in [-0.05, 0) is 31.0 Å². The van der Waals surface area contributed by atoms with Crippen LogP contribution in [0.25, 0.3) is 0 Å². The standard InChI is InChI=1S/C13H15ClN2O3/c14-10-4-1-5-11(7-10)15-13(19)16-6-2-3-9(8-16)12(17)18/h1,4-5,7,9H,2-3,6,8H2,(H,15,19)(H,17,18)/t9-/m1/s1. The Morgan fingerprint density at radius 1 is 1.42 bits per heavy atom. The van der Waals surface area contributed by atoms with E-state index in [0.717, 1.165) is 0 Å². The smallest absolute Gasteiger partial charge is 0.321 e. The number of hydrogen-bond acceptors (Lipinski definition) is 2. The molecular weight excluding hydrogens is 268 g/mol. The predicted molar refractivity (Wildman–Crippen MR) is 72.4 cm³/mol. The van der Waals surface area contributed by atoms with Crippen molar-refractivity contribution in [2.24, 2.45) is 5.92 Å². The number of hydrogen-bond donors (Lipinski definition) is 2. The SMILES string of the molecule is O=C(O)[C@@H]1CCCN(C(=O)Nc2cccc(Cl)c2)C1. The average Bonchev–Trinajstić information content (AvgIpc) is 2.39. The van der Waals surface area contributed by atoms with Gasteiger partial charge < -0.3 is 15.3 Å². The van der Waals surface area contributed by atoms with Gasteiger partial charge in [-0.2, -0.15) is 0 Å². The van der Waals surface area contributed by atoms with Gasteiger partial charge in [0, 0.05) is 23.8 Å². The number of nitrogens with one attached hydrogen (secondary N) is 1. The van der Waals surface area contributed by atoms with Gasteiger partial charge in [0.2, 0.25) is 0 Å². The molecule has 0 bridgehead atoms. The molecule has 6 heteroatoms. The highest BCUT2D eigenvalue weighted by Gasteiger charge is 2.28. The van der Waals surface area contributed by atoms with Crippen LogP contribution in [0, 0.1) is 5.92 Å². The highest BCUT2D eigenvalue weighted by molar-refractivity contribution is 6.30. The van der Waals surface area contributed by atoms with Crippen LogP contribution >= 0.6 is 11.6 Å². The Morgan fingerprint density at radius 3 is 2.89 bits per heavy atom. The third-order valence-corrected chi connectivity index (χ3v) is 3.37. The van der Waals surface area contributed by atoms with Crippen LogP contribution in [0.2, 0.25) is 5.02 Å². The van der Waals surface area contributed by atoms with Crippen LogP contribution in [-0.4, -0.2) is 35.1 Å². The van der Waals surface area contributed by atoms with Crippen LogP contribution < -0.4 is 5.32 Å². The molecule has 1 aliphatic rings. The van der Waals surface area contributed by atoms with E-state index >= 15 is 0 Å². The number of likely N-dealkylation sites (tertiary alicyclic amines) is 1. The monoisotopic (exact) mass is 282 g/mol. The Morgan fingerprint density at radius 2 is 2.21 bits per heavy atom. The molecule has 2 amide bonds. The number of urea groups is 1. The lowest BCUT2D eigenvalue weighted by Gasteiger charge is -2.30. The normalized spacial score (nSPS) is 19.0. The van der Waals surface area contributed by atoms with Crippen LogP contribution in [0.15, 0.2) is 24.3 Å². The van der Waals surface area contributed by atoms with Gasteiger partial charge in [0.1, 0.15) is 0 Å². The third-order valence-electron chi connectivity index (χ3n) is 3.13. The Kier molecular flexibility index (Phi) is 4.27. The Bertz CT molecular complexity index is 493. The van der Waals surface area contributed by atoms with Crippen molar-refractivity contribution in [2.75, 3.05) is 18.4 Å². The molecule has 1 aliphatic heterocycles. The molecule has 0 aromatic heterocycles. The molecule has 0 unspecified atom stereocenters. The molecule has 0 radical (unpaired) electrons. The fourth-order valence-corrected chi connectivity index (χ4v) is 2.32. The number of anilines is 1. The highest BCUT2D eigenvalue weighted by atomic mass is 35.5. The molecule has 1 atom stereocenters. The lowest BCUT2D eigenvalue weighted by molar-refractivity contribution is -0.143. The van der Waals surface area contributed by atoms with Gasteiger partial charge in [0.05, 0.1) is 5.92 Å². The first-order chi connectivity index (χ1) is 9.06. The number of aliphatic carboxylic acids is 1. The largest absolute Gasteiger partial charge is 0.481 e. The van der Waals surface area contributed by atoms with Gasteiger partial charge in [0.25, 0.3) is 0 Å². The predicted octanol–water partition coefficient (Wildman–Crippen LogP) is 2.67. The van der Waals surface area contributed by atoms with Crippen molar-refractivity contribution >= 4 is 29.3 Å². The molecule has 0 saturated carbocycles. The van der Waals surface area contributed by atoms with E-state index in [9.17, 15) is 9.59 Å². The number of halogens is 1. The molecule has 5 nitrogen and oxygen atoms in total. The van der Waals surface area contributed by atoms with E-state index < -0.39 is 11.9 Å². The number of carboxylic acid groups (broad SMARTS) is 1. The minimum absolute atomic E-state index is 0.252. The lowest BCUT2D eigenvalue weighted by Crippen LogP contribution is -2.44. The summed E-state index contributed by atoms with van der Waals surface area (Å²) in [6, 6.07) is 6.57. The highest BCUT2D eigenvalue weighted by Crippen LogP contribution is 2.19. The third kappa shape index (κ3) is 3.61. The Labute approximate surface area is 116 Å². The van der Waals surface area contributed by atoms with Crippen molar-refractivity contribution in [3.8, 4) is 0 Å². The fraction of sp³-hybridized carbons (Fsp3) is 0.385. The molecule has 1 heterocycles. The molecule has 1 fully saturated rings. The molecule has 1 aromatic rings. The first-order valence-corrected chi connectivity index (χ1v) is 6.48. The topological polar surface area (TPSA) is 69.6 Å². The number of carbonyl (C=O) groups excluding carboxylic acids is 1. The summed E-state index contributed by atoms with van der Waals surface area (Å²) in [6.07, 6.45) is 1.33. The van der Waals surface area contributed by atoms with Crippen molar-refractivity contribution in [1.82, 2.24) is 4.90 Å². The summed E-state index contributed by atoms with van der Waals surface area (Å²) < 4.78 is 0. The van der Waals surface area contributed by atoms with Gasteiger partial charge >= 0.3 is 12.0 Å². The molecule has 2 N–H and O–H groups in total. The molecule has 2 rings (SSSR count). The summed E-state index contributed by atoms with van der Waals surface area (Å²) in [7, 11) is 0. The van der Waals surface area contributed by atoms with E-state index in [1.165, 1.54) is 4.90 Å². The average molecular weight is 283 g/mol. The molecule has 0 aliphatic carbocycles. The van der Waals surface area contributed by atoms with E-state index in [1.54, 1.807) is 24.3 Å². The van der Waals surface area contributed by atoms with Crippen LogP contribution in [0.3, 0.4) is 0 Å². The maximum atomic E-state index is 12.0. The number of benzene rings is 1. The number of rotatable bonds is 2. The number of carbonyl (C=O) groups is 2. The van der Waals surface area contributed by atoms with E-state index in [2.05, 4.69) is 5.32 Å². The molecule has 0 spiro atoms. The first kappa shape index (κ1) is 13.7. The van der Waals surface area contributed by atoms with Crippen molar-refractivity contribution in [2.45, 2.75) is 12.8 Å². The number of carboxylic acids is 1. The van der Waals surface area contributed by atoms with Gasteiger partial charge in [0.15, 0.2) is 0 Å². The molecular formula is C13H15ClN2O3. The summed E-state index contributed by atoms with van der Waals surface area (Å²) in [4.78, 5) is 24.5. The molecule has 19 heavy (non-hydrogen) atoms. The maximum absolute atomic E-state index is 12.0. The zero-order chi connectivity index (χ0) is 13.8. The van der Waals surface area contributed by atoms with Gasteiger partial charge in [-0.1, -0.05) is 17.7 Å². The molecule has 102 valence electrons. The summed E-state index contributed by atoms with van der Waals surface area (Å²) in [5, 5.41) is 12.3. The second-order valence-corrected chi connectivity index (χ2v) is 5.00. The van der Waals surface area contributed by atoms with Gasteiger partial charge in [-0.25, -0.2) is 4.79 Å². The van der Waals surface area contributed by atoms with Crippen LogP contribution in [-0.2, 0) is 4.79 Å². The van der Waals surface area contributed by atoms with Crippen LogP contribution in [0.5, 0.6) is 0 Å². The summed E-state index contributed by atoms with van der Waals surface area (Å²) in [6.45, 7) is 0.831. The summed E-state index contributed by atoms with van der Waals surface area (Å²) >= 11 is 5.84. The van der Waals surface area contributed by atoms with E-state index in [1.807, 2.05) is 0 Å². The number of piperidine rings is 1. The van der Waals surface area contributed by atoms with Crippen molar-refractivity contribution in [1.29, 1.82) is 0 Å². The maximum Gasteiger partial charge on any atom is 0.321 e. The minimum atomic E-state index is -0.847. The van der Waals surface area contributed by atoms with Crippen LogP contribution in [0.1, 0.15) is 12.8 Å². The second kappa shape index (κ2) is 5.93. The van der Waals surface area contributed by atoms with Crippen LogP contribution in [0.4, 0.5) is 10.5 Å². The zero-order valence-electron chi connectivity index (χ0n) is 10.3. The molecule has 1 aromatic carbocycles.